The second-order valence-electron chi connectivity index (χ2n) is 6.55. The molecule has 3 rings (SSSR count). The van der Waals surface area contributed by atoms with Gasteiger partial charge in [-0.15, -0.1) is 0 Å². The van der Waals surface area contributed by atoms with Crippen molar-refractivity contribution in [3.8, 4) is 0 Å². The number of halogens is 3. The van der Waals surface area contributed by atoms with Gasteiger partial charge in [0.15, 0.2) is 5.11 Å². The minimum atomic E-state index is -2.45. The lowest BCUT2D eigenvalue weighted by atomic mass is 10.0. The number of nitrogens with one attached hydrogen (secondary N) is 2. The molecule has 2 aromatic rings. The predicted molar refractivity (Wildman–Crippen MR) is 113 cm³/mol. The van der Waals surface area contributed by atoms with Crippen LogP contribution in [0.1, 0.15) is 23.2 Å². The van der Waals surface area contributed by atoms with Crippen LogP contribution in [0.15, 0.2) is 53.4 Å². The van der Waals surface area contributed by atoms with E-state index in [0.29, 0.717) is 47.7 Å². The molecule has 1 aliphatic heterocycles. The first kappa shape index (κ1) is 21.4. The van der Waals surface area contributed by atoms with E-state index in [2.05, 4.69) is 10.6 Å². The van der Waals surface area contributed by atoms with Crippen molar-refractivity contribution in [3.63, 3.8) is 0 Å². The van der Waals surface area contributed by atoms with Crippen molar-refractivity contribution >= 4 is 40.7 Å². The van der Waals surface area contributed by atoms with Gasteiger partial charge in [-0.1, -0.05) is 23.9 Å². The van der Waals surface area contributed by atoms with Gasteiger partial charge in [0.25, 0.3) is 11.7 Å². The second-order valence-corrected chi connectivity index (χ2v) is 8.00. The summed E-state index contributed by atoms with van der Waals surface area (Å²) < 4.78 is 38.5. The van der Waals surface area contributed by atoms with Crippen LogP contribution in [0.4, 0.5) is 18.9 Å². The van der Waals surface area contributed by atoms with Gasteiger partial charge in [-0.3, -0.25) is 4.79 Å². The Labute approximate surface area is 176 Å². The third-order valence-corrected chi connectivity index (χ3v) is 5.65. The number of hydrogen-bond acceptors (Lipinski definition) is 3. The Kier molecular flexibility index (Phi) is 7.38. The maximum absolute atomic E-state index is 13.7. The maximum atomic E-state index is 13.7. The monoisotopic (exact) mass is 439 g/mol. The topological polar surface area (TPSA) is 44.4 Å². The molecule has 1 saturated heterocycles. The molecule has 29 heavy (non-hydrogen) atoms. The highest BCUT2D eigenvalue weighted by molar-refractivity contribution is 7.99. The minimum absolute atomic E-state index is 0.0422. The van der Waals surface area contributed by atoms with Gasteiger partial charge < -0.3 is 15.5 Å². The zero-order valence-corrected chi connectivity index (χ0v) is 17.0. The van der Waals surface area contributed by atoms with E-state index in [9.17, 15) is 18.0 Å². The summed E-state index contributed by atoms with van der Waals surface area (Å²) in [6.07, 6.45) is 1.37. The molecule has 4 nitrogen and oxygen atoms in total. The molecule has 0 saturated carbocycles. The fraction of sp³-hybridized carbons (Fsp3) is 0.300. The molecule has 0 unspecified atom stereocenters. The molecule has 1 aliphatic rings. The van der Waals surface area contributed by atoms with Gasteiger partial charge in [-0.05, 0) is 61.5 Å². The average molecular weight is 440 g/mol. The fourth-order valence-corrected chi connectivity index (χ4v) is 3.86. The highest BCUT2D eigenvalue weighted by atomic mass is 32.2. The third-order valence-electron chi connectivity index (χ3n) is 4.57. The van der Waals surface area contributed by atoms with Crippen molar-refractivity contribution in [1.82, 2.24) is 10.2 Å². The highest BCUT2D eigenvalue weighted by Gasteiger charge is 2.23. The van der Waals surface area contributed by atoms with Gasteiger partial charge in [0, 0.05) is 29.7 Å². The second kappa shape index (κ2) is 9.98. The van der Waals surface area contributed by atoms with E-state index in [4.69, 9.17) is 12.2 Å². The van der Waals surface area contributed by atoms with Crippen LogP contribution in [0.3, 0.4) is 0 Å². The van der Waals surface area contributed by atoms with E-state index in [0.717, 1.165) is 5.69 Å². The van der Waals surface area contributed by atoms with Crippen LogP contribution in [0, 0.1) is 5.82 Å². The number of hydrogen-bond donors (Lipinski definition) is 2. The lowest BCUT2D eigenvalue weighted by Crippen LogP contribution is -2.47. The summed E-state index contributed by atoms with van der Waals surface area (Å²) in [6.45, 7) is 1.29. The van der Waals surface area contributed by atoms with E-state index in [1.807, 2.05) is 4.90 Å². The number of rotatable bonds is 5. The Morgan fingerprint density at radius 3 is 2.38 bits per heavy atom. The van der Waals surface area contributed by atoms with Crippen molar-refractivity contribution < 1.29 is 18.0 Å². The molecule has 0 spiro atoms. The zero-order valence-electron chi connectivity index (χ0n) is 15.4. The van der Waals surface area contributed by atoms with Crippen molar-refractivity contribution in [2.24, 2.45) is 0 Å². The molecule has 2 aromatic carbocycles. The molecule has 2 N–H and O–H groups in total. The lowest BCUT2D eigenvalue weighted by molar-refractivity contribution is 0.0918. The number of amides is 1. The largest absolute Gasteiger partial charge is 0.349 e. The van der Waals surface area contributed by atoms with Gasteiger partial charge >= 0.3 is 0 Å². The Morgan fingerprint density at radius 1 is 1.10 bits per heavy atom. The Balaban J connectivity index is 1.47. The van der Waals surface area contributed by atoms with Crippen LogP contribution in [0.2, 0.25) is 0 Å². The molecule has 0 atom stereocenters. The van der Waals surface area contributed by atoms with E-state index in [1.54, 1.807) is 36.4 Å². The van der Waals surface area contributed by atoms with Crippen LogP contribution in [0.25, 0.3) is 0 Å². The summed E-state index contributed by atoms with van der Waals surface area (Å²) in [7, 11) is 0. The Hall–Kier alpha value is -2.26. The smallest absolute Gasteiger partial charge is 0.288 e. The number of likely N-dealkylation sites (tertiary alicyclic amines) is 1. The molecule has 0 radical (unpaired) electrons. The van der Waals surface area contributed by atoms with E-state index >= 15 is 0 Å². The number of piperidine rings is 1. The first-order valence-corrected chi connectivity index (χ1v) is 10.4. The fourth-order valence-electron chi connectivity index (χ4n) is 3.06. The standard InChI is InChI=1S/C20H20F3N3OS2/c21-17-4-2-1-3-16(17)18(27)24-14-9-11-26(12-10-14)20(28)25-13-5-7-15(8-6-13)29-19(22)23/h1-8,14,19H,9-12H2,(H,24,27)(H,25,28). The van der Waals surface area contributed by atoms with Crippen molar-refractivity contribution in [1.29, 1.82) is 0 Å². The van der Waals surface area contributed by atoms with Gasteiger partial charge in [0.2, 0.25) is 0 Å². The van der Waals surface area contributed by atoms with Crippen molar-refractivity contribution in [3.05, 3.63) is 59.9 Å². The number of thioether (sulfide) groups is 1. The normalized spacial score (nSPS) is 14.7. The van der Waals surface area contributed by atoms with E-state index in [-0.39, 0.29) is 11.6 Å². The molecule has 0 aliphatic carbocycles. The zero-order chi connectivity index (χ0) is 20.8. The number of carbonyl (C=O) groups is 1. The van der Waals surface area contributed by atoms with Crippen LogP contribution in [-0.2, 0) is 0 Å². The van der Waals surface area contributed by atoms with Gasteiger partial charge in [0.1, 0.15) is 5.82 Å². The van der Waals surface area contributed by atoms with E-state index < -0.39 is 17.5 Å². The molecule has 1 heterocycles. The van der Waals surface area contributed by atoms with Crippen LogP contribution < -0.4 is 10.6 Å². The predicted octanol–water partition coefficient (Wildman–Crippen LogP) is 4.73. The van der Waals surface area contributed by atoms with Crippen molar-refractivity contribution in [2.75, 3.05) is 18.4 Å². The SMILES string of the molecule is O=C(NC1CCN(C(=S)Nc2ccc(SC(F)F)cc2)CC1)c1ccccc1F. The summed E-state index contributed by atoms with van der Waals surface area (Å²) >= 11 is 5.93. The summed E-state index contributed by atoms with van der Waals surface area (Å²) in [6, 6.07) is 12.5. The summed E-state index contributed by atoms with van der Waals surface area (Å²) in [5, 5.41) is 6.52. The molecule has 0 bridgehead atoms. The highest BCUT2D eigenvalue weighted by Crippen LogP contribution is 2.26. The lowest BCUT2D eigenvalue weighted by Gasteiger charge is -2.34. The van der Waals surface area contributed by atoms with Gasteiger partial charge in [0.05, 0.1) is 5.56 Å². The molecule has 154 valence electrons. The summed E-state index contributed by atoms with van der Waals surface area (Å²) in [5.74, 6) is -3.40. The molecular formula is C20H20F3N3OS2. The number of carbonyl (C=O) groups excluding carboxylic acids is 1. The number of benzene rings is 2. The Bertz CT molecular complexity index is 856. The molecule has 9 heteroatoms. The molecule has 1 amide bonds. The van der Waals surface area contributed by atoms with E-state index in [1.165, 1.54) is 12.1 Å². The van der Waals surface area contributed by atoms with Crippen LogP contribution in [0.5, 0.6) is 0 Å². The molecular weight excluding hydrogens is 419 g/mol. The molecule has 1 fully saturated rings. The summed E-state index contributed by atoms with van der Waals surface area (Å²) in [4.78, 5) is 14.7. The third kappa shape index (κ3) is 6.11. The Morgan fingerprint density at radius 2 is 1.76 bits per heavy atom. The summed E-state index contributed by atoms with van der Waals surface area (Å²) in [5.41, 5.74) is 0.768. The number of nitrogens with zero attached hydrogens (tertiary/aromatic N) is 1. The first-order valence-electron chi connectivity index (χ1n) is 9.08. The van der Waals surface area contributed by atoms with Crippen molar-refractivity contribution in [2.45, 2.75) is 29.5 Å². The quantitative estimate of drug-likeness (QED) is 0.521. The molecule has 0 aromatic heterocycles. The first-order chi connectivity index (χ1) is 13.9. The van der Waals surface area contributed by atoms with Crippen LogP contribution in [-0.4, -0.2) is 40.8 Å². The minimum Gasteiger partial charge on any atom is -0.349 e. The van der Waals surface area contributed by atoms with Gasteiger partial charge in [-0.25, -0.2) is 4.39 Å². The number of alkyl halides is 2. The number of thiocarbonyl (C=S) groups is 1. The average Bonchev–Trinajstić information content (AvgIpc) is 2.70. The van der Waals surface area contributed by atoms with Crippen LogP contribution >= 0.6 is 24.0 Å². The number of anilines is 1. The van der Waals surface area contributed by atoms with Gasteiger partial charge in [-0.2, -0.15) is 8.78 Å². The maximum Gasteiger partial charge on any atom is 0.288 e.